The molecule has 0 radical (unpaired) electrons. The highest BCUT2D eigenvalue weighted by Crippen LogP contribution is 2.00. The fourth-order valence-corrected chi connectivity index (χ4v) is 1.24. The zero-order valence-electron chi connectivity index (χ0n) is 10.9. The predicted octanol–water partition coefficient (Wildman–Crippen LogP) is 1.08. The molecule has 96 valence electrons. The maximum absolute atomic E-state index is 11.7. The van der Waals surface area contributed by atoms with E-state index in [4.69, 9.17) is 0 Å². The van der Waals surface area contributed by atoms with Crippen LogP contribution < -0.4 is 0 Å². The average Bonchev–Trinajstić information content (AvgIpc) is 2.32. The molecular formula is C11H20N4O2. The van der Waals surface area contributed by atoms with Crippen molar-refractivity contribution in [3.63, 3.8) is 0 Å². The molecule has 0 aliphatic heterocycles. The largest absolute Gasteiger partial charge is 0.272 e. The first-order valence-corrected chi connectivity index (χ1v) is 5.68. The van der Waals surface area contributed by atoms with Crippen LogP contribution in [0.3, 0.4) is 0 Å². The summed E-state index contributed by atoms with van der Waals surface area (Å²) >= 11 is 0. The second kappa shape index (κ2) is 8.43. The van der Waals surface area contributed by atoms with E-state index in [1.165, 1.54) is 22.4 Å². The summed E-state index contributed by atoms with van der Waals surface area (Å²) in [5.74, 6) is -0.638. The Morgan fingerprint density at radius 2 is 1.29 bits per heavy atom. The highest BCUT2D eigenvalue weighted by Gasteiger charge is 2.18. The SMILES string of the molecule is C/C=N\N(CC)C(=O)CC(=O)N(CC)/N=C\C. The van der Waals surface area contributed by atoms with Crippen LogP contribution in [-0.4, -0.2) is 47.4 Å². The molecule has 0 saturated heterocycles. The van der Waals surface area contributed by atoms with Gasteiger partial charge in [-0.25, -0.2) is 10.0 Å². The fourth-order valence-electron chi connectivity index (χ4n) is 1.24. The van der Waals surface area contributed by atoms with Crippen LogP contribution in [0.25, 0.3) is 0 Å². The van der Waals surface area contributed by atoms with Crippen molar-refractivity contribution in [2.24, 2.45) is 10.2 Å². The van der Waals surface area contributed by atoms with E-state index in [2.05, 4.69) is 10.2 Å². The van der Waals surface area contributed by atoms with E-state index >= 15 is 0 Å². The van der Waals surface area contributed by atoms with Gasteiger partial charge in [0, 0.05) is 25.5 Å². The molecule has 0 unspecified atom stereocenters. The van der Waals surface area contributed by atoms with Crippen LogP contribution in [0.2, 0.25) is 0 Å². The number of hydrogen-bond acceptors (Lipinski definition) is 4. The summed E-state index contributed by atoms with van der Waals surface area (Å²) in [4.78, 5) is 23.4. The molecule has 0 bridgehead atoms. The quantitative estimate of drug-likeness (QED) is 0.396. The summed E-state index contributed by atoms with van der Waals surface area (Å²) < 4.78 is 0. The second-order valence-electron chi connectivity index (χ2n) is 3.14. The third-order valence-corrected chi connectivity index (χ3v) is 1.99. The highest BCUT2D eigenvalue weighted by atomic mass is 16.2. The van der Waals surface area contributed by atoms with E-state index in [0.717, 1.165) is 0 Å². The van der Waals surface area contributed by atoms with Crippen molar-refractivity contribution < 1.29 is 9.59 Å². The minimum atomic E-state index is -0.319. The van der Waals surface area contributed by atoms with Gasteiger partial charge in [0.2, 0.25) is 0 Å². The molecule has 0 aliphatic rings. The van der Waals surface area contributed by atoms with E-state index < -0.39 is 0 Å². The van der Waals surface area contributed by atoms with E-state index in [-0.39, 0.29) is 18.2 Å². The molecule has 0 atom stereocenters. The lowest BCUT2D eigenvalue weighted by Gasteiger charge is -2.17. The Bertz CT molecular complexity index is 283. The molecule has 0 aliphatic carbocycles. The van der Waals surface area contributed by atoms with Gasteiger partial charge in [-0.3, -0.25) is 9.59 Å². The van der Waals surface area contributed by atoms with E-state index in [1.54, 1.807) is 27.7 Å². The number of hydrogen-bond donors (Lipinski definition) is 0. The zero-order chi connectivity index (χ0) is 13.3. The molecule has 0 spiro atoms. The Labute approximate surface area is 102 Å². The summed E-state index contributed by atoms with van der Waals surface area (Å²) in [6.45, 7) is 7.93. The number of nitrogens with zero attached hydrogens (tertiary/aromatic N) is 4. The molecule has 0 aromatic heterocycles. The Kier molecular flexibility index (Phi) is 7.58. The van der Waals surface area contributed by atoms with Crippen LogP contribution in [0.15, 0.2) is 10.2 Å². The monoisotopic (exact) mass is 240 g/mol. The molecule has 0 aromatic rings. The average molecular weight is 240 g/mol. The van der Waals surface area contributed by atoms with E-state index in [1.807, 2.05) is 0 Å². The number of rotatable bonds is 6. The number of carbonyl (C=O) groups excluding carboxylic acids is 2. The minimum absolute atomic E-state index is 0.212. The summed E-state index contributed by atoms with van der Waals surface area (Å²) in [5, 5.41) is 10.3. The van der Waals surface area contributed by atoms with Crippen LogP contribution in [0.5, 0.6) is 0 Å². The maximum atomic E-state index is 11.7. The van der Waals surface area contributed by atoms with Gasteiger partial charge in [0.1, 0.15) is 6.42 Å². The first-order valence-electron chi connectivity index (χ1n) is 5.68. The summed E-state index contributed by atoms with van der Waals surface area (Å²) in [5.41, 5.74) is 0. The van der Waals surface area contributed by atoms with Crippen molar-refractivity contribution >= 4 is 24.2 Å². The number of amides is 2. The summed E-state index contributed by atoms with van der Waals surface area (Å²) in [6, 6.07) is 0. The molecule has 0 aromatic carbocycles. The lowest BCUT2D eigenvalue weighted by molar-refractivity contribution is -0.140. The standard InChI is InChI=1S/C11H20N4O2/c1-5-12-14(7-3)10(16)9-11(17)15(8-4)13-6-2/h5-6H,7-9H2,1-4H3/b12-5-,13-6-. The van der Waals surface area contributed by atoms with Crippen molar-refractivity contribution in [3.05, 3.63) is 0 Å². The first-order chi connectivity index (χ1) is 8.10. The van der Waals surface area contributed by atoms with Crippen LogP contribution >= 0.6 is 0 Å². The van der Waals surface area contributed by atoms with Crippen molar-refractivity contribution in [2.45, 2.75) is 34.1 Å². The first kappa shape index (κ1) is 15.3. The lowest BCUT2D eigenvalue weighted by atomic mass is 10.3. The normalized spacial score (nSPS) is 11.1. The van der Waals surface area contributed by atoms with Gasteiger partial charge in [-0.2, -0.15) is 10.2 Å². The van der Waals surface area contributed by atoms with Crippen LogP contribution in [0, 0.1) is 0 Å². The van der Waals surface area contributed by atoms with Crippen LogP contribution in [-0.2, 0) is 9.59 Å². The van der Waals surface area contributed by atoms with Crippen molar-refractivity contribution in [2.75, 3.05) is 13.1 Å². The van der Waals surface area contributed by atoms with Gasteiger partial charge >= 0.3 is 0 Å². The summed E-state index contributed by atoms with van der Waals surface area (Å²) in [7, 11) is 0. The molecule has 0 N–H and O–H groups in total. The molecule has 6 nitrogen and oxygen atoms in total. The van der Waals surface area contributed by atoms with Gasteiger partial charge in [-0.15, -0.1) is 0 Å². The van der Waals surface area contributed by atoms with Gasteiger partial charge in [0.25, 0.3) is 11.8 Å². The zero-order valence-corrected chi connectivity index (χ0v) is 10.9. The molecule has 2 amide bonds. The van der Waals surface area contributed by atoms with E-state index in [9.17, 15) is 9.59 Å². The molecule has 0 saturated carbocycles. The van der Waals surface area contributed by atoms with E-state index in [0.29, 0.717) is 13.1 Å². The third-order valence-electron chi connectivity index (χ3n) is 1.99. The third kappa shape index (κ3) is 5.24. The molecular weight excluding hydrogens is 220 g/mol. The second-order valence-corrected chi connectivity index (χ2v) is 3.14. The number of hydrazone groups is 2. The predicted molar refractivity (Wildman–Crippen MR) is 67.7 cm³/mol. The molecule has 6 heteroatoms. The summed E-state index contributed by atoms with van der Waals surface area (Å²) in [6.07, 6.45) is 2.83. The van der Waals surface area contributed by atoms with Gasteiger partial charge in [0.15, 0.2) is 0 Å². The molecule has 0 heterocycles. The Morgan fingerprint density at radius 3 is 1.53 bits per heavy atom. The van der Waals surface area contributed by atoms with Gasteiger partial charge < -0.3 is 0 Å². The Hall–Kier alpha value is -1.72. The Morgan fingerprint density at radius 1 is 0.941 bits per heavy atom. The van der Waals surface area contributed by atoms with Crippen LogP contribution in [0.1, 0.15) is 34.1 Å². The topological polar surface area (TPSA) is 65.3 Å². The number of carbonyl (C=O) groups is 2. The molecule has 17 heavy (non-hydrogen) atoms. The van der Waals surface area contributed by atoms with Crippen LogP contribution in [0.4, 0.5) is 0 Å². The van der Waals surface area contributed by atoms with Crippen molar-refractivity contribution in [1.29, 1.82) is 0 Å². The van der Waals surface area contributed by atoms with Gasteiger partial charge in [0.05, 0.1) is 0 Å². The highest BCUT2D eigenvalue weighted by molar-refractivity contribution is 5.97. The lowest BCUT2D eigenvalue weighted by Crippen LogP contribution is -2.33. The smallest absolute Gasteiger partial charge is 0.252 e. The van der Waals surface area contributed by atoms with Gasteiger partial charge in [-0.05, 0) is 27.7 Å². The van der Waals surface area contributed by atoms with Crippen molar-refractivity contribution in [3.8, 4) is 0 Å². The maximum Gasteiger partial charge on any atom is 0.252 e. The molecule has 0 fully saturated rings. The molecule has 0 rings (SSSR count). The fraction of sp³-hybridized carbons (Fsp3) is 0.636. The minimum Gasteiger partial charge on any atom is -0.272 e. The Balaban J connectivity index is 4.50. The van der Waals surface area contributed by atoms with Crippen molar-refractivity contribution in [1.82, 2.24) is 10.0 Å². The van der Waals surface area contributed by atoms with Gasteiger partial charge in [-0.1, -0.05) is 0 Å².